The van der Waals surface area contributed by atoms with E-state index in [9.17, 15) is 4.79 Å². The molecule has 2 aromatic carbocycles. The van der Waals surface area contributed by atoms with Crippen LogP contribution >= 0.6 is 0 Å². The summed E-state index contributed by atoms with van der Waals surface area (Å²) in [5.74, 6) is -0.487. The number of carbonyl (C=O) groups excluding carboxylic acids is 1. The molecule has 1 heterocycles. The SMILES string of the molecule is N#Cc1ccc(-c2cnc3c(C(N)=O)cccc3c2)cc1. The molecule has 21 heavy (non-hydrogen) atoms. The first kappa shape index (κ1) is 12.8. The van der Waals surface area contributed by atoms with E-state index in [1.54, 1.807) is 30.5 Å². The number of pyridine rings is 1. The fraction of sp³-hybridized carbons (Fsp3) is 0. The lowest BCUT2D eigenvalue weighted by Crippen LogP contribution is -2.11. The summed E-state index contributed by atoms with van der Waals surface area (Å²) < 4.78 is 0. The highest BCUT2D eigenvalue weighted by Crippen LogP contribution is 2.24. The van der Waals surface area contributed by atoms with E-state index in [1.807, 2.05) is 24.3 Å². The predicted molar refractivity (Wildman–Crippen MR) is 80.4 cm³/mol. The van der Waals surface area contributed by atoms with Crippen LogP contribution in [0, 0.1) is 11.3 Å². The van der Waals surface area contributed by atoms with E-state index in [2.05, 4.69) is 11.1 Å². The number of hydrogen-bond acceptors (Lipinski definition) is 3. The molecule has 1 aromatic heterocycles. The molecule has 1 amide bonds. The van der Waals surface area contributed by atoms with Crippen LogP contribution in [-0.4, -0.2) is 10.9 Å². The van der Waals surface area contributed by atoms with Crippen LogP contribution in [0.3, 0.4) is 0 Å². The molecule has 0 atom stereocenters. The quantitative estimate of drug-likeness (QED) is 0.779. The van der Waals surface area contributed by atoms with Crippen molar-refractivity contribution in [3.05, 3.63) is 65.9 Å². The molecule has 100 valence electrons. The Kier molecular flexibility index (Phi) is 3.09. The van der Waals surface area contributed by atoms with Crippen molar-refractivity contribution in [2.75, 3.05) is 0 Å². The van der Waals surface area contributed by atoms with Gasteiger partial charge in [0.1, 0.15) is 0 Å². The van der Waals surface area contributed by atoms with E-state index in [0.717, 1.165) is 16.5 Å². The average Bonchev–Trinajstić information content (AvgIpc) is 2.53. The first-order chi connectivity index (χ1) is 10.2. The molecule has 0 bridgehead atoms. The van der Waals surface area contributed by atoms with Crippen molar-refractivity contribution in [3.63, 3.8) is 0 Å². The second-order valence-electron chi connectivity index (χ2n) is 4.65. The highest BCUT2D eigenvalue weighted by molar-refractivity contribution is 6.05. The topological polar surface area (TPSA) is 79.8 Å². The number of nitrogens with two attached hydrogens (primary N) is 1. The lowest BCUT2D eigenvalue weighted by Gasteiger charge is -2.06. The van der Waals surface area contributed by atoms with Gasteiger partial charge in [0.2, 0.25) is 0 Å². The van der Waals surface area contributed by atoms with Crippen molar-refractivity contribution in [1.29, 1.82) is 5.26 Å². The van der Waals surface area contributed by atoms with Crippen molar-refractivity contribution in [2.45, 2.75) is 0 Å². The van der Waals surface area contributed by atoms with Gasteiger partial charge in [-0.1, -0.05) is 24.3 Å². The third kappa shape index (κ3) is 2.33. The monoisotopic (exact) mass is 273 g/mol. The zero-order chi connectivity index (χ0) is 14.8. The van der Waals surface area contributed by atoms with Crippen molar-refractivity contribution in [3.8, 4) is 17.2 Å². The number of rotatable bonds is 2. The van der Waals surface area contributed by atoms with Crippen LogP contribution < -0.4 is 5.73 Å². The molecule has 0 saturated heterocycles. The Bertz CT molecular complexity index is 877. The summed E-state index contributed by atoms with van der Waals surface area (Å²) in [5.41, 5.74) is 8.87. The number of hydrogen-bond donors (Lipinski definition) is 1. The second-order valence-corrected chi connectivity index (χ2v) is 4.65. The number of fused-ring (bicyclic) bond motifs is 1. The van der Waals surface area contributed by atoms with Gasteiger partial charge >= 0.3 is 0 Å². The van der Waals surface area contributed by atoms with Crippen molar-refractivity contribution in [1.82, 2.24) is 4.98 Å². The Labute approximate surface area is 121 Å². The Balaban J connectivity index is 2.13. The number of benzene rings is 2. The van der Waals surface area contributed by atoms with Gasteiger partial charge < -0.3 is 5.73 Å². The fourth-order valence-corrected chi connectivity index (χ4v) is 2.25. The van der Waals surface area contributed by atoms with E-state index < -0.39 is 5.91 Å². The zero-order valence-electron chi connectivity index (χ0n) is 11.1. The largest absolute Gasteiger partial charge is 0.366 e. The molecule has 2 N–H and O–H groups in total. The lowest BCUT2D eigenvalue weighted by molar-refractivity contribution is 0.100. The Hall–Kier alpha value is -3.19. The number of carbonyl (C=O) groups is 1. The number of amides is 1. The van der Waals surface area contributed by atoms with Gasteiger partial charge in [-0.3, -0.25) is 9.78 Å². The van der Waals surface area contributed by atoms with Crippen LogP contribution in [0.15, 0.2) is 54.7 Å². The molecular formula is C17H11N3O. The summed E-state index contributed by atoms with van der Waals surface area (Å²) in [4.78, 5) is 15.7. The minimum absolute atomic E-state index is 0.416. The molecule has 0 fully saturated rings. The smallest absolute Gasteiger partial charge is 0.250 e. The van der Waals surface area contributed by atoms with E-state index in [1.165, 1.54) is 0 Å². The molecule has 0 spiro atoms. The average molecular weight is 273 g/mol. The minimum Gasteiger partial charge on any atom is -0.366 e. The van der Waals surface area contributed by atoms with Gasteiger partial charge in [-0.2, -0.15) is 5.26 Å². The summed E-state index contributed by atoms with van der Waals surface area (Å²) in [6, 6.07) is 16.7. The van der Waals surface area contributed by atoms with Crippen LogP contribution in [0.4, 0.5) is 0 Å². The molecule has 0 aliphatic heterocycles. The van der Waals surface area contributed by atoms with E-state index in [-0.39, 0.29) is 0 Å². The van der Waals surface area contributed by atoms with Gasteiger partial charge in [-0.25, -0.2) is 0 Å². The molecule has 3 aromatic rings. The van der Waals surface area contributed by atoms with Crippen LogP contribution in [0.2, 0.25) is 0 Å². The minimum atomic E-state index is -0.487. The maximum Gasteiger partial charge on any atom is 0.250 e. The Morgan fingerprint density at radius 1 is 1.10 bits per heavy atom. The van der Waals surface area contributed by atoms with Crippen LogP contribution in [0.25, 0.3) is 22.0 Å². The summed E-state index contributed by atoms with van der Waals surface area (Å²) in [6.45, 7) is 0. The number of aromatic nitrogens is 1. The van der Waals surface area contributed by atoms with Gasteiger partial charge in [0.15, 0.2) is 0 Å². The highest BCUT2D eigenvalue weighted by Gasteiger charge is 2.08. The second kappa shape index (κ2) is 5.06. The number of nitrogens with zero attached hydrogens (tertiary/aromatic N) is 2. The van der Waals surface area contributed by atoms with Crippen LogP contribution in [0.5, 0.6) is 0 Å². The molecule has 0 radical (unpaired) electrons. The normalized spacial score (nSPS) is 10.2. The van der Waals surface area contributed by atoms with Crippen molar-refractivity contribution < 1.29 is 4.79 Å². The summed E-state index contributed by atoms with van der Waals surface area (Å²) in [6.07, 6.45) is 1.70. The van der Waals surface area contributed by atoms with E-state index in [0.29, 0.717) is 16.6 Å². The zero-order valence-corrected chi connectivity index (χ0v) is 11.1. The maximum absolute atomic E-state index is 11.4. The first-order valence-corrected chi connectivity index (χ1v) is 6.38. The predicted octanol–water partition coefficient (Wildman–Crippen LogP) is 2.87. The number of para-hydroxylation sites is 1. The molecule has 4 heteroatoms. The molecule has 0 unspecified atom stereocenters. The van der Waals surface area contributed by atoms with Gasteiger partial charge in [0, 0.05) is 17.1 Å². The first-order valence-electron chi connectivity index (χ1n) is 6.38. The summed E-state index contributed by atoms with van der Waals surface area (Å²) >= 11 is 0. The van der Waals surface area contributed by atoms with Gasteiger partial charge in [-0.15, -0.1) is 0 Å². The fourth-order valence-electron chi connectivity index (χ4n) is 2.25. The van der Waals surface area contributed by atoms with Crippen LogP contribution in [0.1, 0.15) is 15.9 Å². The third-order valence-electron chi connectivity index (χ3n) is 3.32. The number of primary amides is 1. The number of nitriles is 1. The molecule has 0 aliphatic rings. The third-order valence-corrected chi connectivity index (χ3v) is 3.32. The van der Waals surface area contributed by atoms with Crippen molar-refractivity contribution >= 4 is 16.8 Å². The maximum atomic E-state index is 11.4. The van der Waals surface area contributed by atoms with Gasteiger partial charge in [-0.05, 0) is 29.8 Å². The van der Waals surface area contributed by atoms with E-state index >= 15 is 0 Å². The summed E-state index contributed by atoms with van der Waals surface area (Å²) in [5, 5.41) is 9.67. The Morgan fingerprint density at radius 3 is 2.52 bits per heavy atom. The molecular weight excluding hydrogens is 262 g/mol. The molecule has 0 saturated carbocycles. The summed E-state index contributed by atoms with van der Waals surface area (Å²) in [7, 11) is 0. The molecule has 4 nitrogen and oxygen atoms in total. The Morgan fingerprint density at radius 2 is 1.86 bits per heavy atom. The molecule has 3 rings (SSSR count). The molecule has 0 aliphatic carbocycles. The van der Waals surface area contributed by atoms with Crippen molar-refractivity contribution in [2.24, 2.45) is 5.73 Å². The standard InChI is InChI=1S/C17H11N3O/c18-9-11-4-6-12(7-5-11)14-8-13-2-1-3-15(17(19)21)16(13)20-10-14/h1-8,10H,(H2,19,21). The van der Waals surface area contributed by atoms with Gasteiger partial charge in [0.05, 0.1) is 22.7 Å². The van der Waals surface area contributed by atoms with Crippen LogP contribution in [-0.2, 0) is 0 Å². The van der Waals surface area contributed by atoms with E-state index in [4.69, 9.17) is 11.0 Å². The highest BCUT2D eigenvalue weighted by atomic mass is 16.1. The van der Waals surface area contributed by atoms with Gasteiger partial charge in [0.25, 0.3) is 5.91 Å². The lowest BCUT2D eigenvalue weighted by atomic mass is 10.0.